The van der Waals surface area contributed by atoms with Crippen molar-refractivity contribution in [1.82, 2.24) is 9.55 Å². The maximum absolute atomic E-state index is 4.33. The SMILES string of the molecule is CCn1ccnc1NC1CCC1(C)C. The van der Waals surface area contributed by atoms with Crippen molar-refractivity contribution in [2.24, 2.45) is 5.41 Å². The number of hydrogen-bond acceptors (Lipinski definition) is 2. The quantitative estimate of drug-likeness (QED) is 0.799. The van der Waals surface area contributed by atoms with Crippen molar-refractivity contribution in [2.45, 2.75) is 46.2 Å². The lowest BCUT2D eigenvalue weighted by molar-refractivity contribution is 0.159. The standard InChI is InChI=1S/C11H19N3/c1-4-14-8-7-12-10(14)13-9-5-6-11(9,2)3/h7-9H,4-6H2,1-3H3,(H,12,13). The zero-order valence-corrected chi connectivity index (χ0v) is 9.25. The molecule has 0 aromatic carbocycles. The number of imidazole rings is 1. The summed E-state index contributed by atoms with van der Waals surface area (Å²) in [5, 5.41) is 3.52. The van der Waals surface area contributed by atoms with Gasteiger partial charge < -0.3 is 9.88 Å². The van der Waals surface area contributed by atoms with E-state index in [4.69, 9.17) is 0 Å². The normalized spacial score (nSPS) is 24.4. The molecule has 1 unspecified atom stereocenters. The van der Waals surface area contributed by atoms with E-state index in [9.17, 15) is 0 Å². The Kier molecular flexibility index (Phi) is 2.25. The van der Waals surface area contributed by atoms with E-state index in [0.29, 0.717) is 11.5 Å². The highest BCUT2D eigenvalue weighted by atomic mass is 15.2. The number of nitrogens with one attached hydrogen (secondary N) is 1. The summed E-state index contributed by atoms with van der Waals surface area (Å²) in [7, 11) is 0. The van der Waals surface area contributed by atoms with Crippen LogP contribution in [0, 0.1) is 5.41 Å². The smallest absolute Gasteiger partial charge is 0.202 e. The number of aryl methyl sites for hydroxylation is 1. The molecular weight excluding hydrogens is 174 g/mol. The van der Waals surface area contributed by atoms with Gasteiger partial charge in [0.15, 0.2) is 0 Å². The van der Waals surface area contributed by atoms with Crippen molar-refractivity contribution in [3.63, 3.8) is 0 Å². The molecule has 1 fully saturated rings. The molecule has 78 valence electrons. The first-order valence-corrected chi connectivity index (χ1v) is 5.41. The third-order valence-corrected chi connectivity index (χ3v) is 3.38. The average molecular weight is 193 g/mol. The predicted octanol–water partition coefficient (Wildman–Crippen LogP) is 2.50. The zero-order chi connectivity index (χ0) is 10.2. The maximum atomic E-state index is 4.33. The number of hydrogen-bond donors (Lipinski definition) is 1. The molecule has 0 amide bonds. The molecule has 14 heavy (non-hydrogen) atoms. The third-order valence-electron chi connectivity index (χ3n) is 3.38. The number of nitrogens with zero attached hydrogens (tertiary/aromatic N) is 2. The van der Waals surface area contributed by atoms with E-state index in [2.05, 4.69) is 35.6 Å². The fourth-order valence-electron chi connectivity index (χ4n) is 1.99. The van der Waals surface area contributed by atoms with Crippen molar-refractivity contribution in [2.75, 3.05) is 5.32 Å². The summed E-state index contributed by atoms with van der Waals surface area (Å²) in [6, 6.07) is 0.593. The molecule has 1 atom stereocenters. The molecule has 0 radical (unpaired) electrons. The van der Waals surface area contributed by atoms with Gasteiger partial charge in [0.25, 0.3) is 0 Å². The van der Waals surface area contributed by atoms with E-state index in [-0.39, 0.29) is 0 Å². The van der Waals surface area contributed by atoms with E-state index in [1.165, 1.54) is 12.8 Å². The summed E-state index contributed by atoms with van der Waals surface area (Å²) < 4.78 is 2.15. The zero-order valence-electron chi connectivity index (χ0n) is 9.25. The second-order valence-electron chi connectivity index (χ2n) is 4.76. The van der Waals surface area contributed by atoms with Gasteiger partial charge in [0, 0.05) is 25.0 Å². The molecule has 1 aliphatic carbocycles. The van der Waals surface area contributed by atoms with Crippen LogP contribution in [0.5, 0.6) is 0 Å². The van der Waals surface area contributed by atoms with Crippen LogP contribution in [0.4, 0.5) is 5.95 Å². The van der Waals surface area contributed by atoms with E-state index < -0.39 is 0 Å². The Bertz CT molecular complexity index is 314. The molecule has 3 nitrogen and oxygen atoms in total. The Balaban J connectivity index is 2.04. The van der Waals surface area contributed by atoms with Crippen LogP contribution >= 0.6 is 0 Å². The van der Waals surface area contributed by atoms with Gasteiger partial charge in [0.1, 0.15) is 0 Å². The minimum atomic E-state index is 0.435. The van der Waals surface area contributed by atoms with Crippen molar-refractivity contribution in [1.29, 1.82) is 0 Å². The Morgan fingerprint density at radius 2 is 2.43 bits per heavy atom. The van der Waals surface area contributed by atoms with Gasteiger partial charge in [-0.3, -0.25) is 0 Å². The lowest BCUT2D eigenvalue weighted by Gasteiger charge is -2.45. The molecule has 1 saturated carbocycles. The highest BCUT2D eigenvalue weighted by molar-refractivity contribution is 5.30. The van der Waals surface area contributed by atoms with Crippen LogP contribution in [-0.4, -0.2) is 15.6 Å². The largest absolute Gasteiger partial charge is 0.352 e. The van der Waals surface area contributed by atoms with Crippen molar-refractivity contribution < 1.29 is 0 Å². The minimum absolute atomic E-state index is 0.435. The van der Waals surface area contributed by atoms with Crippen molar-refractivity contribution in [3.8, 4) is 0 Å². The Hall–Kier alpha value is -0.990. The number of aromatic nitrogens is 2. The summed E-state index contributed by atoms with van der Waals surface area (Å²) in [5.41, 5.74) is 0.435. The van der Waals surface area contributed by atoms with Gasteiger partial charge in [0.2, 0.25) is 5.95 Å². The highest BCUT2D eigenvalue weighted by Crippen LogP contribution is 2.41. The fourth-order valence-corrected chi connectivity index (χ4v) is 1.99. The topological polar surface area (TPSA) is 29.9 Å². The van der Waals surface area contributed by atoms with Crippen LogP contribution in [-0.2, 0) is 6.54 Å². The molecule has 0 aliphatic heterocycles. The molecule has 0 bridgehead atoms. The van der Waals surface area contributed by atoms with E-state index in [0.717, 1.165) is 12.5 Å². The Morgan fingerprint density at radius 1 is 1.64 bits per heavy atom. The van der Waals surface area contributed by atoms with E-state index in [1.807, 2.05) is 12.4 Å². The van der Waals surface area contributed by atoms with Crippen LogP contribution in [0.2, 0.25) is 0 Å². The van der Waals surface area contributed by atoms with Gasteiger partial charge in [-0.2, -0.15) is 0 Å². The molecular formula is C11H19N3. The fraction of sp³-hybridized carbons (Fsp3) is 0.727. The first kappa shape index (κ1) is 9.56. The molecule has 1 heterocycles. The van der Waals surface area contributed by atoms with Crippen molar-refractivity contribution in [3.05, 3.63) is 12.4 Å². The second kappa shape index (κ2) is 3.30. The summed E-state index contributed by atoms with van der Waals surface area (Å²) in [5.74, 6) is 1.02. The molecule has 1 N–H and O–H groups in total. The Labute approximate surface area is 85.5 Å². The van der Waals surface area contributed by atoms with Gasteiger partial charge in [-0.05, 0) is 25.2 Å². The maximum Gasteiger partial charge on any atom is 0.202 e. The number of rotatable bonds is 3. The summed E-state index contributed by atoms with van der Waals surface area (Å²) in [4.78, 5) is 4.33. The summed E-state index contributed by atoms with van der Waals surface area (Å²) in [6.45, 7) is 7.75. The second-order valence-corrected chi connectivity index (χ2v) is 4.76. The Morgan fingerprint density at radius 3 is 2.93 bits per heavy atom. The monoisotopic (exact) mass is 193 g/mol. The predicted molar refractivity (Wildman–Crippen MR) is 58.3 cm³/mol. The summed E-state index contributed by atoms with van der Waals surface area (Å²) in [6.07, 6.45) is 6.46. The van der Waals surface area contributed by atoms with Crippen LogP contribution in [0.25, 0.3) is 0 Å². The van der Waals surface area contributed by atoms with Crippen LogP contribution in [0.15, 0.2) is 12.4 Å². The lowest BCUT2D eigenvalue weighted by atomic mass is 9.67. The van der Waals surface area contributed by atoms with Crippen LogP contribution < -0.4 is 5.32 Å². The first-order valence-electron chi connectivity index (χ1n) is 5.41. The van der Waals surface area contributed by atoms with Crippen LogP contribution in [0.3, 0.4) is 0 Å². The van der Waals surface area contributed by atoms with E-state index in [1.54, 1.807) is 0 Å². The van der Waals surface area contributed by atoms with E-state index >= 15 is 0 Å². The highest BCUT2D eigenvalue weighted by Gasteiger charge is 2.38. The molecule has 0 spiro atoms. The van der Waals surface area contributed by atoms with Gasteiger partial charge in [-0.1, -0.05) is 13.8 Å². The molecule has 2 rings (SSSR count). The summed E-state index contributed by atoms with van der Waals surface area (Å²) >= 11 is 0. The third kappa shape index (κ3) is 1.51. The van der Waals surface area contributed by atoms with Gasteiger partial charge in [-0.25, -0.2) is 4.98 Å². The van der Waals surface area contributed by atoms with Crippen LogP contribution in [0.1, 0.15) is 33.6 Å². The van der Waals surface area contributed by atoms with Gasteiger partial charge in [-0.15, -0.1) is 0 Å². The lowest BCUT2D eigenvalue weighted by Crippen LogP contribution is -2.45. The molecule has 1 aromatic rings. The molecule has 1 aromatic heterocycles. The average Bonchev–Trinajstić information content (AvgIpc) is 2.59. The first-order chi connectivity index (χ1) is 6.63. The van der Waals surface area contributed by atoms with Crippen molar-refractivity contribution >= 4 is 5.95 Å². The molecule has 0 saturated heterocycles. The van der Waals surface area contributed by atoms with Gasteiger partial charge in [0.05, 0.1) is 0 Å². The molecule has 3 heteroatoms. The molecule has 1 aliphatic rings. The van der Waals surface area contributed by atoms with Gasteiger partial charge >= 0.3 is 0 Å². The minimum Gasteiger partial charge on any atom is -0.352 e. The number of anilines is 1.